The van der Waals surface area contributed by atoms with Crippen molar-refractivity contribution in [3.8, 4) is 0 Å². The van der Waals surface area contributed by atoms with E-state index in [-0.39, 0.29) is 16.1 Å². The van der Waals surface area contributed by atoms with Crippen LogP contribution in [0.3, 0.4) is 0 Å². The van der Waals surface area contributed by atoms with Crippen LogP contribution in [0.4, 0.5) is 17.6 Å². The van der Waals surface area contributed by atoms with Crippen LogP contribution in [0.5, 0.6) is 0 Å². The molecule has 0 aliphatic carbocycles. The highest BCUT2D eigenvalue weighted by molar-refractivity contribution is 8.00. The Hall–Kier alpha value is -0.750. The molecular formula is C15H16F4OS. The van der Waals surface area contributed by atoms with E-state index in [1.165, 1.54) is 0 Å². The van der Waals surface area contributed by atoms with Crippen LogP contribution >= 0.6 is 11.8 Å². The first kappa shape index (κ1) is 15.2. The molecule has 116 valence electrons. The molecule has 0 spiro atoms. The third-order valence-electron chi connectivity index (χ3n) is 4.33. The molecule has 0 saturated carbocycles. The Morgan fingerprint density at radius 1 is 1.10 bits per heavy atom. The van der Waals surface area contributed by atoms with Crippen molar-refractivity contribution < 1.29 is 22.7 Å². The second-order valence-corrected chi connectivity index (χ2v) is 7.58. The molecule has 1 N–H and O–H groups in total. The Morgan fingerprint density at radius 3 is 2.29 bits per heavy atom. The lowest BCUT2D eigenvalue weighted by Crippen LogP contribution is -2.40. The fourth-order valence-electron chi connectivity index (χ4n) is 3.38. The predicted molar refractivity (Wildman–Crippen MR) is 73.6 cm³/mol. The van der Waals surface area contributed by atoms with Gasteiger partial charge in [-0.25, -0.2) is 4.39 Å². The van der Waals surface area contributed by atoms with E-state index in [1.54, 1.807) is 0 Å². The zero-order valence-corrected chi connectivity index (χ0v) is 12.1. The molecule has 0 amide bonds. The molecule has 2 aliphatic rings. The molecule has 3 rings (SSSR count). The Kier molecular flexibility index (Phi) is 3.72. The summed E-state index contributed by atoms with van der Waals surface area (Å²) in [5.41, 5.74) is -2.32. The van der Waals surface area contributed by atoms with Gasteiger partial charge in [-0.2, -0.15) is 24.9 Å². The zero-order chi connectivity index (χ0) is 15.3. The van der Waals surface area contributed by atoms with Gasteiger partial charge in [0.05, 0.1) is 11.2 Å². The highest BCUT2D eigenvalue weighted by Crippen LogP contribution is 2.50. The fraction of sp³-hybridized carbons (Fsp3) is 0.600. The van der Waals surface area contributed by atoms with Gasteiger partial charge in [-0.05, 0) is 49.4 Å². The first-order valence-electron chi connectivity index (χ1n) is 7.02. The summed E-state index contributed by atoms with van der Waals surface area (Å²) in [6.07, 6.45) is -0.790. The third kappa shape index (κ3) is 3.06. The molecule has 2 bridgehead atoms. The van der Waals surface area contributed by atoms with Crippen molar-refractivity contribution in [1.82, 2.24) is 0 Å². The molecule has 21 heavy (non-hydrogen) atoms. The van der Waals surface area contributed by atoms with Gasteiger partial charge in [0.25, 0.3) is 0 Å². The van der Waals surface area contributed by atoms with Gasteiger partial charge in [0, 0.05) is 10.5 Å². The van der Waals surface area contributed by atoms with E-state index in [2.05, 4.69) is 0 Å². The molecule has 2 unspecified atom stereocenters. The maximum Gasteiger partial charge on any atom is 0.416 e. The average molecular weight is 320 g/mol. The van der Waals surface area contributed by atoms with Gasteiger partial charge in [-0.15, -0.1) is 0 Å². The van der Waals surface area contributed by atoms with Gasteiger partial charge in [-0.3, -0.25) is 0 Å². The molecule has 2 atom stereocenters. The minimum Gasteiger partial charge on any atom is -0.385 e. The standard InChI is InChI=1S/C15H16F4OS/c16-11-5-9(4-10(6-11)15(17,18)19)14(20)7-12-2-1-3-13(8-14)21-12/h4-6,12-13,20H,1-3,7-8H2. The minimum absolute atomic E-state index is 0.0621. The fourth-order valence-corrected chi connectivity index (χ4v) is 5.27. The number of thioether (sulfide) groups is 1. The van der Waals surface area contributed by atoms with Crippen molar-refractivity contribution >= 4 is 11.8 Å². The maximum atomic E-state index is 13.6. The first-order valence-corrected chi connectivity index (χ1v) is 7.97. The third-order valence-corrected chi connectivity index (χ3v) is 5.90. The van der Waals surface area contributed by atoms with Gasteiger partial charge < -0.3 is 5.11 Å². The maximum absolute atomic E-state index is 13.6. The van der Waals surface area contributed by atoms with Crippen molar-refractivity contribution in [1.29, 1.82) is 0 Å². The van der Waals surface area contributed by atoms with Crippen LogP contribution in [0.2, 0.25) is 0 Å². The molecule has 0 radical (unpaired) electrons. The second-order valence-electron chi connectivity index (χ2n) is 5.98. The Morgan fingerprint density at radius 2 is 1.71 bits per heavy atom. The second kappa shape index (κ2) is 5.16. The lowest BCUT2D eigenvalue weighted by atomic mass is 9.80. The van der Waals surface area contributed by atoms with Gasteiger partial charge in [0.1, 0.15) is 5.82 Å². The summed E-state index contributed by atoms with van der Waals surface area (Å²) >= 11 is 1.81. The molecule has 2 fully saturated rings. The highest BCUT2D eigenvalue weighted by Gasteiger charge is 2.43. The van der Waals surface area contributed by atoms with E-state index in [0.717, 1.165) is 31.4 Å². The summed E-state index contributed by atoms with van der Waals surface area (Å²) in [6, 6.07) is 2.42. The van der Waals surface area contributed by atoms with Crippen molar-refractivity contribution in [3.63, 3.8) is 0 Å². The van der Waals surface area contributed by atoms with E-state index in [9.17, 15) is 22.7 Å². The molecule has 0 aromatic heterocycles. The number of benzene rings is 1. The van der Waals surface area contributed by atoms with E-state index < -0.39 is 23.2 Å². The minimum atomic E-state index is -4.60. The summed E-state index contributed by atoms with van der Waals surface area (Å²) in [4.78, 5) is 0. The Bertz CT molecular complexity index is 531. The monoisotopic (exact) mass is 320 g/mol. The lowest BCUT2D eigenvalue weighted by Gasteiger charge is -2.44. The summed E-state index contributed by atoms with van der Waals surface area (Å²) in [6.45, 7) is 0. The van der Waals surface area contributed by atoms with Gasteiger partial charge in [0.15, 0.2) is 0 Å². The van der Waals surface area contributed by atoms with Crippen molar-refractivity contribution in [2.75, 3.05) is 0 Å². The molecular weight excluding hydrogens is 304 g/mol. The largest absolute Gasteiger partial charge is 0.416 e. The smallest absolute Gasteiger partial charge is 0.385 e. The van der Waals surface area contributed by atoms with Crippen molar-refractivity contribution in [2.24, 2.45) is 0 Å². The van der Waals surface area contributed by atoms with Crippen LogP contribution in [-0.4, -0.2) is 15.6 Å². The van der Waals surface area contributed by atoms with E-state index >= 15 is 0 Å². The van der Waals surface area contributed by atoms with Gasteiger partial charge in [-0.1, -0.05) is 6.42 Å². The van der Waals surface area contributed by atoms with Crippen LogP contribution < -0.4 is 0 Å². The number of alkyl halides is 3. The van der Waals surface area contributed by atoms with Gasteiger partial charge >= 0.3 is 6.18 Å². The van der Waals surface area contributed by atoms with Crippen molar-refractivity contribution in [3.05, 3.63) is 35.1 Å². The van der Waals surface area contributed by atoms with Crippen LogP contribution in [0.1, 0.15) is 43.2 Å². The van der Waals surface area contributed by atoms with E-state index in [4.69, 9.17) is 0 Å². The van der Waals surface area contributed by atoms with Gasteiger partial charge in [0.2, 0.25) is 0 Å². The number of fused-ring (bicyclic) bond motifs is 2. The number of halogens is 4. The highest BCUT2D eigenvalue weighted by atomic mass is 32.2. The summed E-state index contributed by atoms with van der Waals surface area (Å²) < 4.78 is 52.0. The average Bonchev–Trinajstić information content (AvgIpc) is 2.36. The Labute approximate surface area is 124 Å². The number of rotatable bonds is 1. The lowest BCUT2D eigenvalue weighted by molar-refractivity contribution is -0.138. The topological polar surface area (TPSA) is 20.2 Å². The van der Waals surface area contributed by atoms with Crippen LogP contribution in [0.25, 0.3) is 0 Å². The molecule has 2 heterocycles. The first-order chi connectivity index (χ1) is 9.76. The van der Waals surface area contributed by atoms with Crippen molar-refractivity contribution in [2.45, 2.75) is 54.4 Å². The molecule has 6 heteroatoms. The molecule has 2 saturated heterocycles. The van der Waals surface area contributed by atoms with Crippen LogP contribution in [0.15, 0.2) is 18.2 Å². The molecule has 1 nitrogen and oxygen atoms in total. The quantitative estimate of drug-likeness (QED) is 0.770. The summed E-state index contributed by atoms with van der Waals surface area (Å²) in [5.74, 6) is -0.948. The predicted octanol–water partition coefficient (Wildman–Crippen LogP) is 4.48. The van der Waals surface area contributed by atoms with E-state index in [1.807, 2.05) is 11.8 Å². The normalized spacial score (nSPS) is 33.0. The SMILES string of the molecule is OC1(c2cc(F)cc(C(F)(F)F)c2)CC2CCCC(C1)S2. The van der Waals surface area contributed by atoms with E-state index in [0.29, 0.717) is 18.9 Å². The van der Waals surface area contributed by atoms with Crippen LogP contribution in [0, 0.1) is 5.82 Å². The number of aliphatic hydroxyl groups is 1. The molecule has 1 aromatic carbocycles. The van der Waals surface area contributed by atoms with Crippen LogP contribution in [-0.2, 0) is 11.8 Å². The molecule has 2 aliphatic heterocycles. The summed E-state index contributed by atoms with van der Waals surface area (Å²) in [7, 11) is 0. The molecule has 1 aromatic rings. The zero-order valence-electron chi connectivity index (χ0n) is 11.3. The number of hydrogen-bond acceptors (Lipinski definition) is 2. The Balaban J connectivity index is 1.97. The number of hydrogen-bond donors (Lipinski definition) is 1. The summed E-state index contributed by atoms with van der Waals surface area (Å²) in [5, 5.41) is 11.3.